The number of hydrogen-bond acceptors (Lipinski definition) is 5. The van der Waals surface area contributed by atoms with E-state index in [0.717, 1.165) is 15.8 Å². The fourth-order valence-corrected chi connectivity index (χ4v) is 4.30. The van der Waals surface area contributed by atoms with E-state index in [9.17, 15) is 13.2 Å². The van der Waals surface area contributed by atoms with Crippen molar-refractivity contribution in [3.05, 3.63) is 23.8 Å². The van der Waals surface area contributed by atoms with Crippen molar-refractivity contribution in [1.29, 1.82) is 0 Å². The van der Waals surface area contributed by atoms with Crippen molar-refractivity contribution < 1.29 is 13.2 Å². The van der Waals surface area contributed by atoms with Crippen molar-refractivity contribution in [1.82, 2.24) is 4.98 Å². The summed E-state index contributed by atoms with van der Waals surface area (Å²) in [5, 5.41) is -0.330. The molecular formula is C12H11ClN2O3S2. The molecule has 1 saturated heterocycles. The Hall–Kier alpha value is -1.18. The highest BCUT2D eigenvalue weighted by Crippen LogP contribution is 2.33. The van der Waals surface area contributed by atoms with Gasteiger partial charge in [-0.3, -0.25) is 9.69 Å². The Morgan fingerprint density at radius 2 is 2.20 bits per heavy atom. The third-order valence-corrected chi connectivity index (χ3v) is 6.16. The number of aryl methyl sites for hydroxylation is 1. The van der Waals surface area contributed by atoms with E-state index in [1.54, 1.807) is 0 Å². The number of thiazole rings is 1. The Labute approximate surface area is 124 Å². The third kappa shape index (κ3) is 2.41. The first kappa shape index (κ1) is 13.8. The van der Waals surface area contributed by atoms with Crippen LogP contribution >= 0.6 is 22.0 Å². The van der Waals surface area contributed by atoms with Crippen LogP contribution in [-0.4, -0.2) is 31.1 Å². The van der Waals surface area contributed by atoms with Gasteiger partial charge in [0.05, 0.1) is 10.2 Å². The monoisotopic (exact) mass is 330 g/mol. The molecule has 1 atom stereocenters. The first-order valence-electron chi connectivity index (χ1n) is 5.95. The summed E-state index contributed by atoms with van der Waals surface area (Å²) in [6.45, 7) is 2.05. The minimum absolute atomic E-state index is 0.0729. The molecule has 2 aromatic rings. The SMILES string of the molecule is Cc1ccc2nc(N3CC(S(=O)(=O)Cl)CC3=O)sc2c1. The summed E-state index contributed by atoms with van der Waals surface area (Å²) in [4.78, 5) is 17.7. The molecule has 106 valence electrons. The van der Waals surface area contributed by atoms with Crippen molar-refractivity contribution in [2.45, 2.75) is 18.6 Å². The fraction of sp³-hybridized carbons (Fsp3) is 0.333. The summed E-state index contributed by atoms with van der Waals surface area (Å²) < 4.78 is 23.7. The predicted octanol–water partition coefficient (Wildman–Crippen LogP) is 2.28. The van der Waals surface area contributed by atoms with E-state index >= 15 is 0 Å². The Bertz CT molecular complexity index is 800. The molecule has 20 heavy (non-hydrogen) atoms. The minimum atomic E-state index is -3.73. The number of hydrogen-bond donors (Lipinski definition) is 0. The highest BCUT2D eigenvalue weighted by Gasteiger charge is 2.39. The molecule has 0 spiro atoms. The number of fused-ring (bicyclic) bond motifs is 1. The zero-order valence-corrected chi connectivity index (χ0v) is 12.9. The number of amides is 1. The number of halogens is 1. The van der Waals surface area contributed by atoms with Gasteiger partial charge in [-0.1, -0.05) is 17.4 Å². The third-order valence-electron chi connectivity index (χ3n) is 3.25. The lowest BCUT2D eigenvalue weighted by atomic mass is 10.2. The van der Waals surface area contributed by atoms with E-state index in [0.29, 0.717) is 5.13 Å². The summed E-state index contributed by atoms with van der Waals surface area (Å²) in [5.74, 6) is -0.255. The number of anilines is 1. The van der Waals surface area contributed by atoms with Gasteiger partial charge < -0.3 is 0 Å². The molecule has 0 bridgehead atoms. The van der Waals surface area contributed by atoms with Crippen LogP contribution in [-0.2, 0) is 13.8 Å². The van der Waals surface area contributed by atoms with E-state index in [4.69, 9.17) is 10.7 Å². The van der Waals surface area contributed by atoms with Gasteiger partial charge in [-0.2, -0.15) is 0 Å². The molecule has 2 heterocycles. The van der Waals surface area contributed by atoms with E-state index in [-0.39, 0.29) is 18.9 Å². The normalized spacial score (nSPS) is 20.0. The quantitative estimate of drug-likeness (QED) is 0.792. The van der Waals surface area contributed by atoms with Crippen LogP contribution in [0.4, 0.5) is 5.13 Å². The van der Waals surface area contributed by atoms with Gasteiger partial charge in [0.2, 0.25) is 15.0 Å². The average molecular weight is 331 g/mol. The van der Waals surface area contributed by atoms with Gasteiger partial charge in [0.25, 0.3) is 0 Å². The Balaban J connectivity index is 1.97. The minimum Gasteiger partial charge on any atom is -0.287 e. The first-order valence-corrected chi connectivity index (χ1v) is 9.14. The number of benzene rings is 1. The van der Waals surface area contributed by atoms with Crippen LogP contribution in [0.1, 0.15) is 12.0 Å². The van der Waals surface area contributed by atoms with Crippen LogP contribution in [0.25, 0.3) is 10.2 Å². The fourth-order valence-electron chi connectivity index (χ4n) is 2.18. The lowest BCUT2D eigenvalue weighted by Crippen LogP contribution is -2.26. The summed E-state index contributed by atoms with van der Waals surface area (Å²) in [6.07, 6.45) is -0.0826. The highest BCUT2D eigenvalue weighted by atomic mass is 35.7. The second kappa shape index (κ2) is 4.68. The zero-order valence-electron chi connectivity index (χ0n) is 10.5. The molecule has 1 aliphatic rings. The molecule has 8 heteroatoms. The van der Waals surface area contributed by atoms with E-state index < -0.39 is 14.3 Å². The maximum Gasteiger partial charge on any atom is 0.237 e. The van der Waals surface area contributed by atoms with Crippen molar-refractivity contribution in [3.63, 3.8) is 0 Å². The molecule has 1 amide bonds. The van der Waals surface area contributed by atoms with E-state index in [1.165, 1.54) is 16.2 Å². The first-order chi connectivity index (χ1) is 9.34. The molecule has 1 aromatic carbocycles. The van der Waals surface area contributed by atoms with Gasteiger partial charge in [0, 0.05) is 23.6 Å². The number of carbonyl (C=O) groups excluding carboxylic acids is 1. The van der Waals surface area contributed by atoms with Crippen LogP contribution < -0.4 is 4.90 Å². The second-order valence-corrected chi connectivity index (χ2v) is 8.69. The second-order valence-electron chi connectivity index (χ2n) is 4.77. The van der Waals surface area contributed by atoms with Crippen LogP contribution in [0.5, 0.6) is 0 Å². The average Bonchev–Trinajstić information content (AvgIpc) is 2.90. The van der Waals surface area contributed by atoms with Crippen LogP contribution in [0.3, 0.4) is 0 Å². The number of rotatable bonds is 2. The molecule has 1 aliphatic heterocycles. The van der Waals surface area contributed by atoms with Gasteiger partial charge in [0.1, 0.15) is 5.25 Å². The summed E-state index contributed by atoms with van der Waals surface area (Å²) in [7, 11) is 1.61. The maximum atomic E-state index is 11.9. The molecule has 5 nitrogen and oxygen atoms in total. The van der Waals surface area contributed by atoms with Crippen molar-refractivity contribution in [3.8, 4) is 0 Å². The van der Waals surface area contributed by atoms with Crippen LogP contribution in [0.15, 0.2) is 18.2 Å². The molecule has 0 aliphatic carbocycles. The molecule has 1 fully saturated rings. The largest absolute Gasteiger partial charge is 0.287 e. The van der Waals surface area contributed by atoms with Gasteiger partial charge in [-0.25, -0.2) is 13.4 Å². The molecule has 1 unspecified atom stereocenters. The molecule has 0 radical (unpaired) electrons. The Morgan fingerprint density at radius 1 is 1.45 bits per heavy atom. The molecule has 1 aromatic heterocycles. The topological polar surface area (TPSA) is 67.3 Å². The van der Waals surface area contributed by atoms with E-state index in [2.05, 4.69) is 4.98 Å². The summed E-state index contributed by atoms with van der Waals surface area (Å²) in [5.41, 5.74) is 1.92. The summed E-state index contributed by atoms with van der Waals surface area (Å²) >= 11 is 1.38. The molecule has 0 saturated carbocycles. The highest BCUT2D eigenvalue weighted by molar-refractivity contribution is 8.14. The van der Waals surface area contributed by atoms with Gasteiger partial charge in [-0.15, -0.1) is 0 Å². The van der Waals surface area contributed by atoms with Crippen LogP contribution in [0.2, 0.25) is 0 Å². The zero-order chi connectivity index (χ0) is 14.5. The summed E-state index contributed by atoms with van der Waals surface area (Å²) in [6, 6.07) is 5.83. The molecule has 3 rings (SSSR count). The Kier molecular flexibility index (Phi) is 3.23. The number of carbonyl (C=O) groups is 1. The van der Waals surface area contributed by atoms with Gasteiger partial charge >= 0.3 is 0 Å². The number of nitrogens with zero attached hydrogens (tertiary/aromatic N) is 2. The standard InChI is InChI=1S/C12H11ClN2O3S2/c1-7-2-3-9-10(4-7)19-12(14-9)15-6-8(5-11(15)16)20(13,17)18/h2-4,8H,5-6H2,1H3. The number of aromatic nitrogens is 1. The van der Waals surface area contributed by atoms with Crippen molar-refractivity contribution in [2.75, 3.05) is 11.4 Å². The van der Waals surface area contributed by atoms with Crippen molar-refractivity contribution >= 4 is 52.3 Å². The van der Waals surface area contributed by atoms with E-state index in [1.807, 2.05) is 25.1 Å². The van der Waals surface area contributed by atoms with Gasteiger partial charge in [0.15, 0.2) is 5.13 Å². The Morgan fingerprint density at radius 3 is 2.85 bits per heavy atom. The maximum absolute atomic E-state index is 11.9. The molecule has 0 N–H and O–H groups in total. The molecular weight excluding hydrogens is 320 g/mol. The van der Waals surface area contributed by atoms with Crippen molar-refractivity contribution in [2.24, 2.45) is 0 Å². The predicted molar refractivity (Wildman–Crippen MR) is 79.9 cm³/mol. The van der Waals surface area contributed by atoms with Crippen LogP contribution in [0, 0.1) is 6.92 Å². The van der Waals surface area contributed by atoms with Gasteiger partial charge in [-0.05, 0) is 24.6 Å². The smallest absolute Gasteiger partial charge is 0.237 e. The lowest BCUT2D eigenvalue weighted by Gasteiger charge is -2.11. The lowest BCUT2D eigenvalue weighted by molar-refractivity contribution is -0.117.